The first kappa shape index (κ1) is 13.1. The minimum atomic E-state index is 0.328. The average Bonchev–Trinajstić information content (AvgIpc) is 2.34. The Balaban J connectivity index is 1.89. The topological polar surface area (TPSA) is 45.1 Å². The number of aliphatic hydroxyl groups is 1. The Labute approximate surface area is 97.9 Å². The predicted octanol–water partition coefficient (Wildman–Crippen LogP) is 1.77. The van der Waals surface area contributed by atoms with E-state index in [2.05, 4.69) is 16.4 Å². The summed E-state index contributed by atoms with van der Waals surface area (Å²) in [6, 6.07) is 4.08. The smallest absolute Gasteiger partial charge is 0.0431 e. The molecule has 1 rings (SSSR count). The number of hydrogen-bond acceptors (Lipinski definition) is 3. The lowest BCUT2D eigenvalue weighted by Crippen LogP contribution is -2.18. The summed E-state index contributed by atoms with van der Waals surface area (Å²) in [5.74, 6) is 0. The average molecular weight is 222 g/mol. The van der Waals surface area contributed by atoms with Crippen LogP contribution in [0.1, 0.15) is 31.2 Å². The van der Waals surface area contributed by atoms with Gasteiger partial charge >= 0.3 is 0 Å². The van der Waals surface area contributed by atoms with Crippen molar-refractivity contribution in [1.29, 1.82) is 0 Å². The number of aliphatic hydroxyl groups excluding tert-OH is 1. The number of nitrogens with one attached hydrogen (secondary N) is 1. The Kier molecular flexibility index (Phi) is 7.64. The molecule has 0 aliphatic heterocycles. The van der Waals surface area contributed by atoms with Crippen molar-refractivity contribution in [2.75, 3.05) is 19.7 Å². The second-order valence-electron chi connectivity index (χ2n) is 4.00. The van der Waals surface area contributed by atoms with E-state index in [0.717, 1.165) is 32.4 Å². The third-order valence-corrected chi connectivity index (χ3v) is 2.57. The molecule has 16 heavy (non-hydrogen) atoms. The summed E-state index contributed by atoms with van der Waals surface area (Å²) in [6.07, 6.45) is 9.26. The van der Waals surface area contributed by atoms with E-state index in [1.165, 1.54) is 18.4 Å². The normalized spacial score (nSPS) is 10.6. The molecule has 1 aromatic heterocycles. The molecule has 2 N–H and O–H groups in total. The van der Waals surface area contributed by atoms with Gasteiger partial charge in [0.25, 0.3) is 0 Å². The Hall–Kier alpha value is -0.930. The second kappa shape index (κ2) is 9.31. The molecule has 0 radical (unpaired) electrons. The molecular weight excluding hydrogens is 200 g/mol. The van der Waals surface area contributed by atoms with Gasteiger partial charge in [0.1, 0.15) is 0 Å². The van der Waals surface area contributed by atoms with E-state index in [-0.39, 0.29) is 0 Å². The first-order chi connectivity index (χ1) is 7.93. The van der Waals surface area contributed by atoms with Gasteiger partial charge in [0, 0.05) is 19.0 Å². The number of unbranched alkanes of at least 4 members (excludes halogenated alkanes) is 3. The van der Waals surface area contributed by atoms with Crippen molar-refractivity contribution in [2.24, 2.45) is 0 Å². The van der Waals surface area contributed by atoms with Gasteiger partial charge in [0.2, 0.25) is 0 Å². The Morgan fingerprint density at radius 3 is 2.75 bits per heavy atom. The van der Waals surface area contributed by atoms with Crippen LogP contribution in [0.25, 0.3) is 0 Å². The van der Waals surface area contributed by atoms with Crippen molar-refractivity contribution in [3.63, 3.8) is 0 Å². The van der Waals surface area contributed by atoms with E-state index in [9.17, 15) is 0 Å². The van der Waals surface area contributed by atoms with Gasteiger partial charge in [-0.1, -0.05) is 18.9 Å². The summed E-state index contributed by atoms with van der Waals surface area (Å²) in [5.41, 5.74) is 1.29. The minimum absolute atomic E-state index is 0.328. The summed E-state index contributed by atoms with van der Waals surface area (Å²) < 4.78 is 0. The Morgan fingerprint density at radius 1 is 1.12 bits per heavy atom. The van der Waals surface area contributed by atoms with Gasteiger partial charge in [0.15, 0.2) is 0 Å². The van der Waals surface area contributed by atoms with Gasteiger partial charge in [-0.3, -0.25) is 4.98 Å². The molecule has 0 amide bonds. The molecule has 0 aliphatic rings. The number of pyridine rings is 1. The van der Waals surface area contributed by atoms with Crippen LogP contribution in [0.3, 0.4) is 0 Å². The highest BCUT2D eigenvalue weighted by Gasteiger charge is 1.92. The molecular formula is C13H22N2O. The van der Waals surface area contributed by atoms with E-state index in [1.54, 1.807) is 6.20 Å². The van der Waals surface area contributed by atoms with Crippen LogP contribution in [0.15, 0.2) is 24.5 Å². The SMILES string of the molecule is OCCCCCCNCCc1cccnc1. The van der Waals surface area contributed by atoms with E-state index >= 15 is 0 Å². The number of rotatable bonds is 9. The highest BCUT2D eigenvalue weighted by atomic mass is 16.2. The molecule has 1 heterocycles. The monoisotopic (exact) mass is 222 g/mol. The predicted molar refractivity (Wildman–Crippen MR) is 66.4 cm³/mol. The molecule has 3 heteroatoms. The van der Waals surface area contributed by atoms with Crippen LogP contribution in [0.4, 0.5) is 0 Å². The molecule has 3 nitrogen and oxygen atoms in total. The van der Waals surface area contributed by atoms with Crippen LogP contribution in [-0.2, 0) is 6.42 Å². The van der Waals surface area contributed by atoms with Gasteiger partial charge in [0.05, 0.1) is 0 Å². The summed E-state index contributed by atoms with van der Waals surface area (Å²) in [7, 11) is 0. The number of nitrogens with zero attached hydrogens (tertiary/aromatic N) is 1. The first-order valence-electron chi connectivity index (χ1n) is 6.14. The van der Waals surface area contributed by atoms with Crippen molar-refractivity contribution >= 4 is 0 Å². The van der Waals surface area contributed by atoms with Gasteiger partial charge in [-0.25, -0.2) is 0 Å². The molecule has 0 atom stereocenters. The third-order valence-electron chi connectivity index (χ3n) is 2.57. The second-order valence-corrected chi connectivity index (χ2v) is 4.00. The van der Waals surface area contributed by atoms with E-state index in [0.29, 0.717) is 6.61 Å². The minimum Gasteiger partial charge on any atom is -0.396 e. The van der Waals surface area contributed by atoms with Gasteiger partial charge in [-0.2, -0.15) is 0 Å². The maximum Gasteiger partial charge on any atom is 0.0431 e. The zero-order valence-electron chi connectivity index (χ0n) is 9.86. The first-order valence-corrected chi connectivity index (χ1v) is 6.14. The van der Waals surface area contributed by atoms with Crippen molar-refractivity contribution in [1.82, 2.24) is 10.3 Å². The highest BCUT2D eigenvalue weighted by Crippen LogP contribution is 1.98. The molecule has 0 aromatic carbocycles. The van der Waals surface area contributed by atoms with Gasteiger partial charge in [-0.15, -0.1) is 0 Å². The fourth-order valence-corrected chi connectivity index (χ4v) is 1.62. The standard InChI is InChI=1S/C13H22N2O/c16-11-4-2-1-3-8-14-10-7-13-6-5-9-15-12-13/h5-6,9,12,14,16H,1-4,7-8,10-11H2. The van der Waals surface area contributed by atoms with Crippen LogP contribution in [0, 0.1) is 0 Å². The zero-order valence-corrected chi connectivity index (χ0v) is 9.86. The molecule has 0 aliphatic carbocycles. The summed E-state index contributed by atoms with van der Waals surface area (Å²) >= 11 is 0. The summed E-state index contributed by atoms with van der Waals surface area (Å²) in [5, 5.41) is 12.0. The lowest BCUT2D eigenvalue weighted by molar-refractivity contribution is 0.282. The fourth-order valence-electron chi connectivity index (χ4n) is 1.62. The van der Waals surface area contributed by atoms with Crippen LogP contribution < -0.4 is 5.32 Å². The molecule has 0 saturated heterocycles. The molecule has 0 spiro atoms. The maximum atomic E-state index is 8.61. The van der Waals surface area contributed by atoms with E-state index in [4.69, 9.17) is 5.11 Å². The highest BCUT2D eigenvalue weighted by molar-refractivity contribution is 5.08. The summed E-state index contributed by atoms with van der Waals surface area (Å²) in [4.78, 5) is 4.08. The van der Waals surface area contributed by atoms with Crippen molar-refractivity contribution in [3.8, 4) is 0 Å². The number of hydrogen-bond donors (Lipinski definition) is 2. The Bertz CT molecular complexity index is 251. The molecule has 1 aromatic rings. The van der Waals surface area contributed by atoms with Crippen LogP contribution in [-0.4, -0.2) is 29.8 Å². The maximum absolute atomic E-state index is 8.61. The van der Waals surface area contributed by atoms with Crippen molar-refractivity contribution in [3.05, 3.63) is 30.1 Å². The molecule has 90 valence electrons. The lowest BCUT2D eigenvalue weighted by Gasteiger charge is -2.04. The number of aromatic nitrogens is 1. The fraction of sp³-hybridized carbons (Fsp3) is 0.615. The van der Waals surface area contributed by atoms with Crippen LogP contribution >= 0.6 is 0 Å². The third kappa shape index (κ3) is 6.53. The van der Waals surface area contributed by atoms with Gasteiger partial charge in [-0.05, 0) is 44.0 Å². The Morgan fingerprint density at radius 2 is 2.00 bits per heavy atom. The molecule has 0 saturated carbocycles. The molecule has 0 unspecified atom stereocenters. The zero-order chi connectivity index (χ0) is 11.5. The largest absolute Gasteiger partial charge is 0.396 e. The van der Waals surface area contributed by atoms with Crippen LogP contribution in [0.5, 0.6) is 0 Å². The van der Waals surface area contributed by atoms with Crippen molar-refractivity contribution in [2.45, 2.75) is 32.1 Å². The van der Waals surface area contributed by atoms with Crippen LogP contribution in [0.2, 0.25) is 0 Å². The quantitative estimate of drug-likeness (QED) is 0.626. The molecule has 0 fully saturated rings. The van der Waals surface area contributed by atoms with Gasteiger partial charge < -0.3 is 10.4 Å². The lowest BCUT2D eigenvalue weighted by atomic mass is 10.2. The summed E-state index contributed by atoms with van der Waals surface area (Å²) in [6.45, 7) is 2.42. The van der Waals surface area contributed by atoms with Crippen molar-refractivity contribution < 1.29 is 5.11 Å². The van der Waals surface area contributed by atoms with E-state index in [1.807, 2.05) is 12.3 Å². The van der Waals surface area contributed by atoms with E-state index < -0.39 is 0 Å². The molecule has 0 bridgehead atoms.